The molecule has 0 saturated carbocycles. The van der Waals surface area contributed by atoms with E-state index in [9.17, 15) is 18.3 Å². The third kappa shape index (κ3) is 2.42. The van der Waals surface area contributed by atoms with Gasteiger partial charge in [0.15, 0.2) is 0 Å². The highest BCUT2D eigenvalue weighted by atomic mass is 32.2. The maximum atomic E-state index is 12.2. The second kappa shape index (κ2) is 4.19. The van der Waals surface area contributed by atoms with Gasteiger partial charge in [-0.3, -0.25) is 4.79 Å². The van der Waals surface area contributed by atoms with Gasteiger partial charge in [0.1, 0.15) is 4.90 Å². The minimum atomic E-state index is -3.75. The lowest BCUT2D eigenvalue weighted by Gasteiger charge is -2.42. The van der Waals surface area contributed by atoms with Crippen LogP contribution >= 0.6 is 0 Å². The molecule has 1 aromatic rings. The van der Waals surface area contributed by atoms with E-state index in [1.165, 1.54) is 18.2 Å². The molecule has 104 valence electrons. The Labute approximate surface area is 110 Å². The van der Waals surface area contributed by atoms with Crippen LogP contribution < -0.4 is 11.5 Å². The summed E-state index contributed by atoms with van der Waals surface area (Å²) < 4.78 is 25.6. The highest BCUT2D eigenvalue weighted by Gasteiger charge is 2.44. The van der Waals surface area contributed by atoms with E-state index in [4.69, 9.17) is 11.5 Å². The number of carbonyl (C=O) groups is 1. The zero-order chi connectivity index (χ0) is 14.4. The first kappa shape index (κ1) is 13.8. The zero-order valence-electron chi connectivity index (χ0n) is 10.3. The van der Waals surface area contributed by atoms with Crippen molar-refractivity contribution in [2.75, 3.05) is 18.8 Å². The Balaban J connectivity index is 2.35. The van der Waals surface area contributed by atoms with Gasteiger partial charge >= 0.3 is 0 Å². The van der Waals surface area contributed by atoms with Crippen LogP contribution in [0.25, 0.3) is 0 Å². The Hall–Kier alpha value is -1.64. The average molecular weight is 285 g/mol. The van der Waals surface area contributed by atoms with Crippen molar-refractivity contribution in [1.29, 1.82) is 0 Å². The topological polar surface area (TPSA) is 127 Å². The van der Waals surface area contributed by atoms with Crippen LogP contribution in [-0.2, 0) is 10.0 Å². The second-order valence-corrected chi connectivity index (χ2v) is 6.79. The van der Waals surface area contributed by atoms with Crippen molar-refractivity contribution >= 4 is 21.6 Å². The van der Waals surface area contributed by atoms with E-state index < -0.39 is 21.5 Å². The molecule has 0 spiro atoms. The Kier molecular flexibility index (Phi) is 3.04. The van der Waals surface area contributed by atoms with Gasteiger partial charge < -0.3 is 16.6 Å². The molecule has 1 aromatic carbocycles. The largest absolute Gasteiger partial charge is 0.398 e. The molecule has 5 N–H and O–H groups in total. The van der Waals surface area contributed by atoms with Crippen molar-refractivity contribution in [2.45, 2.75) is 17.4 Å². The van der Waals surface area contributed by atoms with Crippen molar-refractivity contribution in [3.8, 4) is 0 Å². The van der Waals surface area contributed by atoms with E-state index in [0.717, 1.165) is 4.31 Å². The molecule has 2 rings (SSSR count). The molecule has 1 saturated heterocycles. The first-order valence-electron chi connectivity index (χ1n) is 5.55. The van der Waals surface area contributed by atoms with Gasteiger partial charge in [-0.15, -0.1) is 0 Å². The number of nitrogens with zero attached hydrogens (tertiary/aromatic N) is 1. The first-order chi connectivity index (χ1) is 8.63. The fourth-order valence-electron chi connectivity index (χ4n) is 1.96. The summed E-state index contributed by atoms with van der Waals surface area (Å²) >= 11 is 0. The minimum Gasteiger partial charge on any atom is -0.398 e. The molecule has 0 aromatic heterocycles. The van der Waals surface area contributed by atoms with Crippen LogP contribution in [0.1, 0.15) is 17.3 Å². The van der Waals surface area contributed by atoms with Crippen molar-refractivity contribution in [2.24, 2.45) is 5.73 Å². The fraction of sp³-hybridized carbons (Fsp3) is 0.364. The summed E-state index contributed by atoms with van der Waals surface area (Å²) in [5.74, 6) is -0.678. The number of benzene rings is 1. The standard InChI is InChI=1S/C11H15N3O4S/c1-11(16)5-14(6-11)19(17,18)9-3-2-7(10(13)15)4-8(9)12/h2-4,16H,5-6,12H2,1H3,(H2,13,15). The Bertz CT molecular complexity index is 631. The third-order valence-electron chi connectivity index (χ3n) is 2.95. The maximum absolute atomic E-state index is 12.2. The molecular formula is C11H15N3O4S. The normalized spacial score (nSPS) is 18.8. The quantitative estimate of drug-likeness (QED) is 0.622. The Morgan fingerprint density at radius 3 is 2.42 bits per heavy atom. The molecule has 0 radical (unpaired) electrons. The molecule has 1 heterocycles. The van der Waals surface area contributed by atoms with Gasteiger partial charge in [0.2, 0.25) is 15.9 Å². The fourth-order valence-corrected chi connectivity index (χ4v) is 3.73. The van der Waals surface area contributed by atoms with Crippen LogP contribution in [0.2, 0.25) is 0 Å². The number of sulfonamides is 1. The lowest BCUT2D eigenvalue weighted by molar-refractivity contribution is -0.0426. The van der Waals surface area contributed by atoms with Gasteiger partial charge in [0, 0.05) is 18.7 Å². The SMILES string of the molecule is CC1(O)CN(S(=O)(=O)c2ccc(C(N)=O)cc2N)C1. The Morgan fingerprint density at radius 1 is 1.42 bits per heavy atom. The van der Waals surface area contributed by atoms with Crippen molar-refractivity contribution in [3.63, 3.8) is 0 Å². The molecular weight excluding hydrogens is 270 g/mol. The molecule has 1 aliphatic heterocycles. The minimum absolute atomic E-state index is 0.0202. The average Bonchev–Trinajstić information content (AvgIpc) is 2.25. The number of anilines is 1. The van der Waals surface area contributed by atoms with Crippen molar-refractivity contribution in [3.05, 3.63) is 23.8 Å². The zero-order valence-corrected chi connectivity index (χ0v) is 11.1. The predicted octanol–water partition coefficient (Wildman–Crippen LogP) is -0.877. The Morgan fingerprint density at radius 2 is 2.00 bits per heavy atom. The van der Waals surface area contributed by atoms with Gasteiger partial charge in [-0.1, -0.05) is 0 Å². The number of β-amino-alcohol motifs (C(OH)–C–C–N with tert-alkyl or cyclic N) is 1. The van der Waals surface area contributed by atoms with E-state index in [1.807, 2.05) is 0 Å². The molecule has 0 bridgehead atoms. The van der Waals surface area contributed by atoms with Crippen LogP contribution in [0.15, 0.2) is 23.1 Å². The number of primary amides is 1. The second-order valence-electron chi connectivity index (χ2n) is 4.89. The molecule has 0 atom stereocenters. The molecule has 0 unspecified atom stereocenters. The number of nitrogens with two attached hydrogens (primary N) is 2. The molecule has 1 fully saturated rings. The van der Waals surface area contributed by atoms with Gasteiger partial charge in [0.05, 0.1) is 11.3 Å². The summed E-state index contributed by atoms with van der Waals surface area (Å²) in [6.07, 6.45) is 0. The summed E-state index contributed by atoms with van der Waals surface area (Å²) in [5, 5.41) is 9.58. The molecule has 0 aliphatic carbocycles. The summed E-state index contributed by atoms with van der Waals surface area (Å²) in [6, 6.07) is 3.79. The van der Waals surface area contributed by atoms with Crippen LogP contribution in [0.5, 0.6) is 0 Å². The lowest BCUT2D eigenvalue weighted by atomic mass is 10.0. The number of carbonyl (C=O) groups excluding carboxylic acids is 1. The lowest BCUT2D eigenvalue weighted by Crippen LogP contribution is -2.61. The predicted molar refractivity (Wildman–Crippen MR) is 68.8 cm³/mol. The van der Waals surface area contributed by atoms with E-state index in [2.05, 4.69) is 0 Å². The van der Waals surface area contributed by atoms with Gasteiger partial charge in [-0.2, -0.15) is 4.31 Å². The van der Waals surface area contributed by atoms with E-state index in [0.29, 0.717) is 0 Å². The van der Waals surface area contributed by atoms with Crippen molar-refractivity contribution < 1.29 is 18.3 Å². The number of rotatable bonds is 3. The number of amides is 1. The van der Waals surface area contributed by atoms with Gasteiger partial charge in [-0.25, -0.2) is 8.42 Å². The van der Waals surface area contributed by atoms with E-state index in [1.54, 1.807) is 6.92 Å². The van der Waals surface area contributed by atoms with E-state index in [-0.39, 0.29) is 29.2 Å². The number of hydrogen-bond acceptors (Lipinski definition) is 5. The molecule has 1 aliphatic rings. The monoisotopic (exact) mass is 285 g/mol. The van der Waals surface area contributed by atoms with Crippen LogP contribution in [0.4, 0.5) is 5.69 Å². The first-order valence-corrected chi connectivity index (χ1v) is 6.99. The summed E-state index contributed by atoms with van der Waals surface area (Å²) in [5.41, 5.74) is 9.84. The summed E-state index contributed by atoms with van der Waals surface area (Å²) in [4.78, 5) is 10.9. The molecule has 19 heavy (non-hydrogen) atoms. The third-order valence-corrected chi connectivity index (χ3v) is 4.81. The summed E-state index contributed by atoms with van der Waals surface area (Å²) in [7, 11) is -3.75. The van der Waals surface area contributed by atoms with Crippen molar-refractivity contribution in [1.82, 2.24) is 4.31 Å². The smallest absolute Gasteiger partial charge is 0.248 e. The van der Waals surface area contributed by atoms with E-state index >= 15 is 0 Å². The van der Waals surface area contributed by atoms with Crippen LogP contribution in [0, 0.1) is 0 Å². The summed E-state index contributed by atoms with van der Waals surface area (Å²) in [6.45, 7) is 1.59. The van der Waals surface area contributed by atoms with Gasteiger partial charge in [-0.05, 0) is 25.1 Å². The molecule has 8 heteroatoms. The van der Waals surface area contributed by atoms with Crippen LogP contribution in [0.3, 0.4) is 0 Å². The highest BCUT2D eigenvalue weighted by Crippen LogP contribution is 2.30. The maximum Gasteiger partial charge on any atom is 0.248 e. The number of aliphatic hydroxyl groups is 1. The molecule has 1 amide bonds. The highest BCUT2D eigenvalue weighted by molar-refractivity contribution is 7.89. The number of hydrogen-bond donors (Lipinski definition) is 3. The van der Waals surface area contributed by atoms with Crippen LogP contribution in [-0.4, -0.2) is 42.4 Å². The van der Waals surface area contributed by atoms with Gasteiger partial charge in [0.25, 0.3) is 0 Å². The molecule has 7 nitrogen and oxygen atoms in total. The number of nitrogen functional groups attached to an aromatic ring is 1.